The fourth-order valence-corrected chi connectivity index (χ4v) is 3.77. The topological polar surface area (TPSA) is 66.8 Å². The van der Waals surface area contributed by atoms with Crippen LogP contribution >= 0.6 is 39.3 Å². The number of imide groups is 1. The van der Waals surface area contributed by atoms with Crippen molar-refractivity contribution in [2.24, 2.45) is 0 Å². The van der Waals surface area contributed by atoms with Gasteiger partial charge in [0.25, 0.3) is 11.1 Å². The van der Waals surface area contributed by atoms with E-state index in [1.165, 1.54) is 13.2 Å². The minimum atomic E-state index is -0.456. The van der Waals surface area contributed by atoms with Crippen LogP contribution in [0, 0.1) is 0 Å². The molecule has 1 N–H and O–H groups in total. The zero-order valence-electron chi connectivity index (χ0n) is 12.8. The first-order chi connectivity index (χ1) is 11.9. The van der Waals surface area contributed by atoms with Crippen LogP contribution < -0.4 is 9.64 Å². The van der Waals surface area contributed by atoms with Crippen LogP contribution in [0.4, 0.5) is 10.5 Å². The lowest BCUT2D eigenvalue weighted by Crippen LogP contribution is -2.27. The van der Waals surface area contributed by atoms with Crippen molar-refractivity contribution in [3.05, 3.63) is 56.4 Å². The number of amides is 2. The molecule has 1 saturated heterocycles. The second-order valence-corrected chi connectivity index (χ2v) is 7.27. The molecule has 0 unspecified atom stereocenters. The molecular weight excluding hydrogens is 430 g/mol. The van der Waals surface area contributed by atoms with Crippen LogP contribution in [0.15, 0.2) is 45.8 Å². The lowest BCUT2D eigenvalue weighted by molar-refractivity contribution is -0.113. The number of carbonyl (C=O) groups is 2. The Morgan fingerprint density at radius 3 is 2.68 bits per heavy atom. The summed E-state index contributed by atoms with van der Waals surface area (Å²) in [5.74, 6) is -0.225. The van der Waals surface area contributed by atoms with E-state index in [4.69, 9.17) is 16.3 Å². The second-order valence-electron chi connectivity index (χ2n) is 5.01. The molecule has 0 spiro atoms. The molecule has 1 fully saturated rings. The van der Waals surface area contributed by atoms with Crippen LogP contribution in [0.2, 0.25) is 5.02 Å². The maximum absolute atomic E-state index is 12.7. The van der Waals surface area contributed by atoms with Gasteiger partial charge < -0.3 is 9.84 Å². The summed E-state index contributed by atoms with van der Waals surface area (Å²) in [6.07, 6.45) is 1.56. The Bertz CT molecular complexity index is 916. The zero-order valence-corrected chi connectivity index (χ0v) is 16.0. The van der Waals surface area contributed by atoms with Gasteiger partial charge >= 0.3 is 0 Å². The van der Waals surface area contributed by atoms with E-state index in [0.29, 0.717) is 20.7 Å². The first kappa shape index (κ1) is 17.8. The molecule has 25 heavy (non-hydrogen) atoms. The lowest BCUT2D eigenvalue weighted by atomic mass is 10.2. The van der Waals surface area contributed by atoms with E-state index < -0.39 is 11.1 Å². The Labute approximate surface area is 161 Å². The number of hydrogen-bond donors (Lipinski definition) is 1. The predicted molar refractivity (Wildman–Crippen MR) is 102 cm³/mol. The van der Waals surface area contributed by atoms with Gasteiger partial charge in [0, 0.05) is 4.47 Å². The Balaban J connectivity index is 2.00. The van der Waals surface area contributed by atoms with Gasteiger partial charge in [-0.25, -0.2) is 4.90 Å². The van der Waals surface area contributed by atoms with E-state index in [1.807, 2.05) is 0 Å². The molecule has 1 aliphatic rings. The highest BCUT2D eigenvalue weighted by Gasteiger charge is 2.37. The Morgan fingerprint density at radius 1 is 1.28 bits per heavy atom. The summed E-state index contributed by atoms with van der Waals surface area (Å²) in [6, 6.07) is 9.69. The zero-order chi connectivity index (χ0) is 18.1. The maximum Gasteiger partial charge on any atom is 0.298 e. The van der Waals surface area contributed by atoms with Gasteiger partial charge in [-0.15, -0.1) is 0 Å². The van der Waals surface area contributed by atoms with Crippen LogP contribution in [0.5, 0.6) is 11.5 Å². The molecular formula is C17H11BrClNO4S. The summed E-state index contributed by atoms with van der Waals surface area (Å²) >= 11 is 10.2. The van der Waals surface area contributed by atoms with Gasteiger partial charge in [-0.1, -0.05) is 39.7 Å². The molecule has 2 amide bonds. The molecule has 0 bridgehead atoms. The highest BCUT2D eigenvalue weighted by Crippen LogP contribution is 2.40. The number of phenols is 1. The number of phenolic OH excluding ortho intramolecular Hbond substituents is 1. The van der Waals surface area contributed by atoms with Gasteiger partial charge in [0.1, 0.15) is 0 Å². The van der Waals surface area contributed by atoms with E-state index in [0.717, 1.165) is 16.7 Å². The highest BCUT2D eigenvalue weighted by molar-refractivity contribution is 9.10. The van der Waals surface area contributed by atoms with Gasteiger partial charge in [0.05, 0.1) is 22.7 Å². The molecule has 1 heterocycles. The Hall–Kier alpha value is -1.96. The number of para-hydroxylation sites is 1. The van der Waals surface area contributed by atoms with Crippen LogP contribution in [0.25, 0.3) is 6.08 Å². The average Bonchev–Trinajstić information content (AvgIpc) is 2.84. The molecule has 2 aromatic rings. The number of hydrogen-bond acceptors (Lipinski definition) is 5. The Morgan fingerprint density at radius 2 is 2.00 bits per heavy atom. The molecule has 3 rings (SSSR count). The molecule has 1 aliphatic heterocycles. The first-order valence-electron chi connectivity index (χ1n) is 7.01. The van der Waals surface area contributed by atoms with E-state index in [-0.39, 0.29) is 16.4 Å². The van der Waals surface area contributed by atoms with Gasteiger partial charge in [0.2, 0.25) is 0 Å². The lowest BCUT2D eigenvalue weighted by Gasteiger charge is -2.13. The van der Waals surface area contributed by atoms with Crippen LogP contribution in [-0.2, 0) is 4.79 Å². The van der Waals surface area contributed by atoms with E-state index >= 15 is 0 Å². The summed E-state index contributed by atoms with van der Waals surface area (Å²) < 4.78 is 5.64. The average molecular weight is 441 g/mol. The third-order valence-corrected chi connectivity index (χ3v) is 5.35. The highest BCUT2D eigenvalue weighted by atomic mass is 79.9. The van der Waals surface area contributed by atoms with Crippen molar-refractivity contribution in [2.75, 3.05) is 12.0 Å². The second kappa shape index (κ2) is 7.11. The summed E-state index contributed by atoms with van der Waals surface area (Å²) in [5, 5.41) is 9.66. The van der Waals surface area contributed by atoms with Crippen LogP contribution in [0.1, 0.15) is 5.56 Å². The van der Waals surface area contributed by atoms with Gasteiger partial charge in [-0.3, -0.25) is 9.59 Å². The van der Waals surface area contributed by atoms with Crippen molar-refractivity contribution >= 4 is 62.2 Å². The van der Waals surface area contributed by atoms with Crippen molar-refractivity contribution in [3.8, 4) is 11.5 Å². The number of aromatic hydroxyl groups is 1. The number of anilines is 1. The first-order valence-corrected chi connectivity index (χ1v) is 9.00. The summed E-state index contributed by atoms with van der Waals surface area (Å²) in [6.45, 7) is 0. The number of ether oxygens (including phenoxy) is 1. The molecule has 0 aromatic heterocycles. The van der Waals surface area contributed by atoms with Crippen molar-refractivity contribution in [3.63, 3.8) is 0 Å². The molecule has 0 aliphatic carbocycles. The number of carbonyl (C=O) groups excluding carboxylic acids is 2. The van der Waals surface area contributed by atoms with Crippen LogP contribution in [0.3, 0.4) is 0 Å². The van der Waals surface area contributed by atoms with Crippen molar-refractivity contribution in [2.45, 2.75) is 0 Å². The van der Waals surface area contributed by atoms with Gasteiger partial charge in [0.15, 0.2) is 11.5 Å². The summed E-state index contributed by atoms with van der Waals surface area (Å²) in [5.41, 5.74) is 0.941. The van der Waals surface area contributed by atoms with Crippen molar-refractivity contribution in [1.29, 1.82) is 0 Å². The normalized spacial score (nSPS) is 16.0. The summed E-state index contributed by atoms with van der Waals surface area (Å²) in [4.78, 5) is 26.3. The minimum Gasteiger partial charge on any atom is -0.504 e. The fraction of sp³-hybridized carbons (Fsp3) is 0.0588. The molecule has 0 radical (unpaired) electrons. The largest absolute Gasteiger partial charge is 0.504 e. The smallest absolute Gasteiger partial charge is 0.298 e. The van der Waals surface area contributed by atoms with Gasteiger partial charge in [-0.05, 0) is 47.7 Å². The number of thioether (sulfide) groups is 1. The number of rotatable bonds is 3. The monoisotopic (exact) mass is 439 g/mol. The SMILES string of the molecule is COc1cc(/C=C2\SC(=O)N(c3ccccc3Cl)C2=O)c(Br)cc1O. The standard InChI is InChI=1S/C17H11BrClNO4S/c1-24-14-6-9(10(18)8-13(14)21)7-15-16(22)20(17(23)25-15)12-5-3-2-4-11(12)19/h2-8,21H,1H3/b15-7-. The molecule has 0 atom stereocenters. The molecule has 128 valence electrons. The van der Waals surface area contributed by atoms with E-state index in [9.17, 15) is 14.7 Å². The number of halogens is 2. The third-order valence-electron chi connectivity index (χ3n) is 3.47. The molecule has 5 nitrogen and oxygen atoms in total. The number of nitrogens with zero attached hydrogens (tertiary/aromatic N) is 1. The Kier molecular flexibility index (Phi) is 5.08. The predicted octanol–water partition coefficient (Wildman–Crippen LogP) is 5.06. The molecule has 0 saturated carbocycles. The van der Waals surface area contributed by atoms with E-state index in [2.05, 4.69) is 15.9 Å². The summed E-state index contributed by atoms with van der Waals surface area (Å²) in [7, 11) is 1.43. The third kappa shape index (κ3) is 3.40. The quantitative estimate of drug-likeness (QED) is 0.676. The maximum atomic E-state index is 12.7. The van der Waals surface area contributed by atoms with Gasteiger partial charge in [-0.2, -0.15) is 0 Å². The fourth-order valence-electron chi connectivity index (χ4n) is 2.28. The van der Waals surface area contributed by atoms with E-state index in [1.54, 1.807) is 36.4 Å². The van der Waals surface area contributed by atoms with Crippen molar-refractivity contribution < 1.29 is 19.4 Å². The van der Waals surface area contributed by atoms with Crippen molar-refractivity contribution in [1.82, 2.24) is 0 Å². The minimum absolute atomic E-state index is 0.0318. The number of benzene rings is 2. The number of methoxy groups -OCH3 is 1. The molecule has 8 heteroatoms. The molecule has 2 aromatic carbocycles. The van der Waals surface area contributed by atoms with Crippen LogP contribution in [-0.4, -0.2) is 23.4 Å².